The molecule has 104 valence electrons. The van der Waals surface area contributed by atoms with E-state index in [2.05, 4.69) is 45.3 Å². The smallest absolute Gasteiger partial charge is 0.231 e. The molecule has 0 N–H and O–H groups in total. The Hall–Kier alpha value is -1.41. The number of fused-ring (bicyclic) bond motifs is 2. The van der Waals surface area contributed by atoms with Crippen LogP contribution in [-0.2, 0) is 12.0 Å². The molecule has 0 aliphatic heterocycles. The van der Waals surface area contributed by atoms with Crippen LogP contribution in [0, 0.1) is 0 Å². The summed E-state index contributed by atoms with van der Waals surface area (Å²) in [6.45, 7) is 12.0. The summed E-state index contributed by atoms with van der Waals surface area (Å²) in [6, 6.07) is 5.97. The molecule has 1 aliphatic rings. The van der Waals surface area contributed by atoms with Gasteiger partial charge in [-0.05, 0) is 32.9 Å². The molecule has 0 fully saturated rings. The monoisotopic (exact) mass is 287 g/mol. The lowest BCUT2D eigenvalue weighted by Crippen LogP contribution is -2.39. The van der Waals surface area contributed by atoms with E-state index in [1.165, 1.54) is 22.5 Å². The van der Waals surface area contributed by atoms with Crippen LogP contribution < -0.4 is 4.57 Å². The fourth-order valence-corrected chi connectivity index (χ4v) is 3.37. The lowest BCUT2D eigenvalue weighted by Gasteiger charge is -2.19. The van der Waals surface area contributed by atoms with Crippen molar-refractivity contribution < 1.29 is 4.57 Å². The van der Waals surface area contributed by atoms with Gasteiger partial charge in [0.1, 0.15) is 17.8 Å². The van der Waals surface area contributed by atoms with Crippen LogP contribution in [0.2, 0.25) is 5.02 Å². The van der Waals surface area contributed by atoms with Gasteiger partial charge < -0.3 is 0 Å². The number of aryl methyl sites for hydroxylation is 1. The fourth-order valence-electron chi connectivity index (χ4n) is 3.20. The molecule has 0 unspecified atom stereocenters. The van der Waals surface area contributed by atoms with E-state index in [1.807, 2.05) is 12.1 Å². The number of hydrogen-bond acceptors (Lipinski definition) is 1. The Bertz CT molecular complexity index is 757. The molecule has 1 aromatic heterocycles. The van der Waals surface area contributed by atoms with Gasteiger partial charge in [-0.25, -0.2) is 4.98 Å². The first kappa shape index (κ1) is 13.6. The lowest BCUT2D eigenvalue weighted by molar-refractivity contribution is -0.670. The Labute approximate surface area is 125 Å². The van der Waals surface area contributed by atoms with Crippen LogP contribution in [0.4, 0.5) is 0 Å². The van der Waals surface area contributed by atoms with Crippen molar-refractivity contribution in [3.8, 4) is 0 Å². The molecule has 2 nitrogen and oxygen atoms in total. The van der Waals surface area contributed by atoms with Crippen LogP contribution >= 0.6 is 11.6 Å². The fraction of sp³-hybridized carbons (Fsp3) is 0.412. The highest BCUT2D eigenvalue weighted by Gasteiger charge is 2.41. The van der Waals surface area contributed by atoms with E-state index < -0.39 is 0 Å². The molecule has 0 atom stereocenters. The second kappa shape index (κ2) is 4.29. The third-order valence-electron chi connectivity index (χ3n) is 4.72. The first-order valence-corrected chi connectivity index (χ1v) is 7.47. The largest absolute Gasteiger partial charge is 0.239 e. The molecule has 0 amide bonds. The molecular weight excluding hydrogens is 268 g/mol. The summed E-state index contributed by atoms with van der Waals surface area (Å²) < 4.78 is 2.36. The summed E-state index contributed by atoms with van der Waals surface area (Å²) in [5.74, 6) is 0. The van der Waals surface area contributed by atoms with E-state index in [-0.39, 0.29) is 5.41 Å². The quantitative estimate of drug-likeness (QED) is 0.715. The number of rotatable bonds is 1. The van der Waals surface area contributed by atoms with Crippen LogP contribution in [0.3, 0.4) is 0 Å². The van der Waals surface area contributed by atoms with Crippen molar-refractivity contribution in [3.63, 3.8) is 0 Å². The molecule has 1 aromatic carbocycles. The Kier molecular flexibility index (Phi) is 2.91. The number of aromatic nitrogens is 2. The molecule has 0 saturated heterocycles. The SMILES string of the molecule is CC[n+]1c2c(nc3cc(Cl)ccc31)C(C)(C)C(C)=C2C. The topological polar surface area (TPSA) is 16.8 Å². The van der Waals surface area contributed by atoms with Gasteiger partial charge in [-0.3, -0.25) is 0 Å². The highest BCUT2D eigenvalue weighted by Crippen LogP contribution is 2.43. The van der Waals surface area contributed by atoms with Crippen molar-refractivity contribution >= 4 is 28.2 Å². The summed E-state index contributed by atoms with van der Waals surface area (Å²) in [6.07, 6.45) is 0. The van der Waals surface area contributed by atoms with Crippen molar-refractivity contribution in [2.45, 2.75) is 46.6 Å². The molecule has 3 heteroatoms. The van der Waals surface area contributed by atoms with E-state index in [0.717, 1.165) is 22.6 Å². The Balaban J connectivity index is 2.48. The van der Waals surface area contributed by atoms with Gasteiger partial charge in [0.15, 0.2) is 0 Å². The minimum atomic E-state index is -0.00710. The molecule has 0 spiro atoms. The van der Waals surface area contributed by atoms with Crippen molar-refractivity contribution in [2.24, 2.45) is 0 Å². The molecule has 20 heavy (non-hydrogen) atoms. The van der Waals surface area contributed by atoms with Gasteiger partial charge in [0.05, 0.1) is 0 Å². The van der Waals surface area contributed by atoms with Crippen molar-refractivity contribution in [1.82, 2.24) is 4.98 Å². The number of allylic oxidation sites excluding steroid dienone is 2. The number of hydrogen-bond donors (Lipinski definition) is 0. The first-order valence-electron chi connectivity index (χ1n) is 7.09. The molecule has 0 bridgehead atoms. The second-order valence-corrected chi connectivity index (χ2v) is 6.50. The molecule has 2 aromatic rings. The number of benzene rings is 1. The third kappa shape index (κ3) is 1.64. The molecular formula is C17H20ClN2+. The van der Waals surface area contributed by atoms with Crippen LogP contribution in [0.25, 0.3) is 16.6 Å². The van der Waals surface area contributed by atoms with Crippen molar-refractivity contribution in [1.29, 1.82) is 0 Å². The Morgan fingerprint density at radius 3 is 2.60 bits per heavy atom. The average molecular weight is 288 g/mol. The van der Waals surface area contributed by atoms with E-state index >= 15 is 0 Å². The van der Waals surface area contributed by atoms with Crippen molar-refractivity contribution in [3.05, 3.63) is 40.2 Å². The Morgan fingerprint density at radius 1 is 1.25 bits per heavy atom. The van der Waals surface area contributed by atoms with Gasteiger partial charge in [0, 0.05) is 22.1 Å². The van der Waals surface area contributed by atoms with Crippen molar-refractivity contribution in [2.75, 3.05) is 0 Å². The minimum absolute atomic E-state index is 0.00710. The highest BCUT2D eigenvalue weighted by molar-refractivity contribution is 6.31. The van der Waals surface area contributed by atoms with Crippen LogP contribution in [0.1, 0.15) is 46.0 Å². The van der Waals surface area contributed by atoms with Gasteiger partial charge in [-0.15, -0.1) is 0 Å². The van der Waals surface area contributed by atoms with Gasteiger partial charge in [0.2, 0.25) is 11.2 Å². The van der Waals surface area contributed by atoms with Gasteiger partial charge >= 0.3 is 0 Å². The normalized spacial score (nSPS) is 16.9. The maximum absolute atomic E-state index is 6.13. The van der Waals surface area contributed by atoms with Gasteiger partial charge in [-0.2, -0.15) is 4.57 Å². The van der Waals surface area contributed by atoms with E-state index in [0.29, 0.717) is 0 Å². The molecule has 0 saturated carbocycles. The van der Waals surface area contributed by atoms with Crippen LogP contribution in [0.5, 0.6) is 0 Å². The molecule has 1 aliphatic carbocycles. The van der Waals surface area contributed by atoms with Crippen LogP contribution in [0.15, 0.2) is 23.8 Å². The molecule has 3 rings (SSSR count). The zero-order valence-corrected chi connectivity index (χ0v) is 13.5. The highest BCUT2D eigenvalue weighted by atomic mass is 35.5. The summed E-state index contributed by atoms with van der Waals surface area (Å²) in [5, 5.41) is 0.741. The predicted molar refractivity (Wildman–Crippen MR) is 83.9 cm³/mol. The number of halogens is 1. The second-order valence-electron chi connectivity index (χ2n) is 6.06. The number of nitrogens with zero attached hydrogens (tertiary/aromatic N) is 2. The molecule has 1 heterocycles. The standard InChI is InChI=1S/C17H20ClN2/c1-6-20-14-8-7-12(18)9-13(14)19-16-15(20)10(2)11(3)17(16,4)5/h7-9H,6H2,1-5H3/q+1. The lowest BCUT2D eigenvalue weighted by atomic mass is 9.85. The Morgan fingerprint density at radius 2 is 1.95 bits per heavy atom. The average Bonchev–Trinajstić information content (AvgIpc) is 2.58. The summed E-state index contributed by atoms with van der Waals surface area (Å²) >= 11 is 6.13. The summed E-state index contributed by atoms with van der Waals surface area (Å²) in [4.78, 5) is 4.93. The van der Waals surface area contributed by atoms with Gasteiger partial charge in [-0.1, -0.05) is 31.0 Å². The van der Waals surface area contributed by atoms with Crippen LogP contribution in [-0.4, -0.2) is 4.98 Å². The zero-order valence-electron chi connectivity index (χ0n) is 12.7. The summed E-state index contributed by atoms with van der Waals surface area (Å²) in [7, 11) is 0. The van der Waals surface area contributed by atoms with E-state index in [4.69, 9.17) is 16.6 Å². The maximum atomic E-state index is 6.13. The first-order chi connectivity index (χ1) is 9.37. The maximum Gasteiger partial charge on any atom is 0.231 e. The summed E-state index contributed by atoms with van der Waals surface area (Å²) in [5.41, 5.74) is 7.34. The minimum Gasteiger partial charge on any atom is -0.239 e. The molecule has 0 radical (unpaired) electrons. The predicted octanol–water partition coefficient (Wildman–Crippen LogP) is 4.28. The zero-order chi connectivity index (χ0) is 14.7. The third-order valence-corrected chi connectivity index (χ3v) is 4.95. The van der Waals surface area contributed by atoms with E-state index in [1.54, 1.807) is 0 Å². The van der Waals surface area contributed by atoms with E-state index in [9.17, 15) is 0 Å². The van der Waals surface area contributed by atoms with Gasteiger partial charge in [0.25, 0.3) is 0 Å².